The predicted molar refractivity (Wildman–Crippen MR) is 93.3 cm³/mol. The van der Waals surface area contributed by atoms with Gasteiger partial charge in [-0.15, -0.1) is 0 Å². The fraction of sp³-hybridized carbons (Fsp3) is 0.176. The Morgan fingerprint density at radius 2 is 2.09 bits per heavy atom. The van der Waals surface area contributed by atoms with Gasteiger partial charge in [-0.3, -0.25) is 4.79 Å². The van der Waals surface area contributed by atoms with E-state index in [9.17, 15) is 4.79 Å². The molecule has 0 aliphatic heterocycles. The fourth-order valence-electron chi connectivity index (χ4n) is 2.64. The van der Waals surface area contributed by atoms with Gasteiger partial charge in [0.05, 0.1) is 17.9 Å². The van der Waals surface area contributed by atoms with E-state index in [1.807, 2.05) is 38.1 Å². The maximum absolute atomic E-state index is 12.3. The highest BCUT2D eigenvalue weighted by molar-refractivity contribution is 9.10. The summed E-state index contributed by atoms with van der Waals surface area (Å²) in [5, 5.41) is 3.96. The summed E-state index contributed by atoms with van der Waals surface area (Å²) in [6.45, 7) is 4.15. The summed E-state index contributed by atoms with van der Waals surface area (Å²) in [7, 11) is 0. The molecule has 2 aromatic heterocycles. The van der Waals surface area contributed by atoms with Crippen molar-refractivity contribution in [1.82, 2.24) is 9.72 Å². The second-order valence-corrected chi connectivity index (χ2v) is 6.36. The second kappa shape index (κ2) is 6.04. The number of anilines is 1. The van der Waals surface area contributed by atoms with Gasteiger partial charge in [-0.2, -0.15) is 0 Å². The summed E-state index contributed by atoms with van der Waals surface area (Å²) in [5.74, 6) is 0.703. The molecule has 0 atom stereocenters. The smallest absolute Gasteiger partial charge is 0.274 e. The van der Waals surface area contributed by atoms with Crippen LogP contribution in [0.1, 0.15) is 17.0 Å². The number of hydrogen-bond donors (Lipinski definition) is 1. The Labute approximate surface area is 141 Å². The molecule has 2 heterocycles. The number of benzene rings is 1. The fourth-order valence-corrected chi connectivity index (χ4v) is 3.09. The first-order valence-electron chi connectivity index (χ1n) is 7.13. The van der Waals surface area contributed by atoms with Crippen LogP contribution in [0.25, 0.3) is 11.1 Å². The zero-order valence-electron chi connectivity index (χ0n) is 12.8. The monoisotopic (exact) mass is 373 g/mol. The van der Waals surface area contributed by atoms with Crippen molar-refractivity contribution in [3.05, 3.63) is 68.4 Å². The van der Waals surface area contributed by atoms with Crippen molar-refractivity contribution in [2.45, 2.75) is 20.4 Å². The molecule has 3 aromatic rings. The van der Waals surface area contributed by atoms with Crippen molar-refractivity contribution in [3.8, 4) is 11.1 Å². The third kappa shape index (κ3) is 3.07. The van der Waals surface area contributed by atoms with Crippen LogP contribution in [-0.2, 0) is 6.54 Å². The highest BCUT2D eigenvalue weighted by Crippen LogP contribution is 2.27. The first-order chi connectivity index (χ1) is 11.0. The van der Waals surface area contributed by atoms with Gasteiger partial charge in [0.1, 0.15) is 5.76 Å². The number of aromatic nitrogens is 2. The Hall–Kier alpha value is -2.34. The van der Waals surface area contributed by atoms with E-state index in [1.54, 1.807) is 16.8 Å². The zero-order valence-corrected chi connectivity index (χ0v) is 14.4. The quantitative estimate of drug-likeness (QED) is 0.761. The van der Waals surface area contributed by atoms with Gasteiger partial charge in [-0.05, 0) is 37.6 Å². The van der Waals surface area contributed by atoms with Gasteiger partial charge in [0, 0.05) is 21.8 Å². The summed E-state index contributed by atoms with van der Waals surface area (Å²) >= 11 is 3.44. The lowest BCUT2D eigenvalue weighted by Crippen LogP contribution is -2.23. The van der Waals surface area contributed by atoms with E-state index in [0.717, 1.165) is 26.9 Å². The number of pyridine rings is 1. The summed E-state index contributed by atoms with van der Waals surface area (Å²) < 4.78 is 7.79. The molecule has 0 aliphatic carbocycles. The highest BCUT2D eigenvalue weighted by atomic mass is 79.9. The van der Waals surface area contributed by atoms with E-state index in [1.165, 1.54) is 0 Å². The summed E-state index contributed by atoms with van der Waals surface area (Å²) in [5.41, 5.74) is 9.40. The molecule has 2 N–H and O–H groups in total. The molecule has 0 bridgehead atoms. The standard InChI is InChI=1S/C17H16BrN3O2/c1-10-16(11(2)23-20-10)13-7-15(19)17(22)21(9-13)8-12-4-3-5-14(18)6-12/h3-7,9H,8,19H2,1-2H3. The normalized spacial score (nSPS) is 10.9. The maximum atomic E-state index is 12.3. The molecule has 1 aromatic carbocycles. The Balaban J connectivity index is 2.09. The first-order valence-corrected chi connectivity index (χ1v) is 7.92. The zero-order chi connectivity index (χ0) is 16.6. The van der Waals surface area contributed by atoms with Gasteiger partial charge in [-0.1, -0.05) is 33.2 Å². The van der Waals surface area contributed by atoms with Gasteiger partial charge in [-0.25, -0.2) is 0 Å². The SMILES string of the molecule is Cc1noc(C)c1-c1cc(N)c(=O)n(Cc2cccc(Br)c2)c1. The van der Waals surface area contributed by atoms with E-state index >= 15 is 0 Å². The van der Waals surface area contributed by atoms with E-state index < -0.39 is 0 Å². The summed E-state index contributed by atoms with van der Waals surface area (Å²) in [6.07, 6.45) is 1.80. The Kier molecular flexibility index (Phi) is 4.09. The van der Waals surface area contributed by atoms with Crippen LogP contribution in [0.5, 0.6) is 0 Å². The number of aryl methyl sites for hydroxylation is 2. The van der Waals surface area contributed by atoms with Crippen molar-refractivity contribution in [2.75, 3.05) is 5.73 Å². The molecule has 6 heteroatoms. The second-order valence-electron chi connectivity index (χ2n) is 5.45. The van der Waals surface area contributed by atoms with Gasteiger partial charge >= 0.3 is 0 Å². The van der Waals surface area contributed by atoms with Crippen LogP contribution in [-0.4, -0.2) is 9.72 Å². The molecular weight excluding hydrogens is 358 g/mol. The molecule has 3 rings (SSSR count). The Bertz CT molecular complexity index is 908. The lowest BCUT2D eigenvalue weighted by Gasteiger charge is -2.10. The third-order valence-electron chi connectivity index (χ3n) is 3.68. The molecule has 0 saturated heterocycles. The minimum Gasteiger partial charge on any atom is -0.394 e. The van der Waals surface area contributed by atoms with E-state index in [-0.39, 0.29) is 11.2 Å². The van der Waals surface area contributed by atoms with Gasteiger partial charge in [0.2, 0.25) is 0 Å². The Morgan fingerprint density at radius 1 is 1.30 bits per heavy atom. The number of nitrogens with zero attached hydrogens (tertiary/aromatic N) is 2. The van der Waals surface area contributed by atoms with Crippen LogP contribution in [0.4, 0.5) is 5.69 Å². The lowest BCUT2D eigenvalue weighted by atomic mass is 10.1. The molecular formula is C17H16BrN3O2. The van der Waals surface area contributed by atoms with Crippen LogP contribution >= 0.6 is 15.9 Å². The van der Waals surface area contributed by atoms with Crippen LogP contribution in [0.2, 0.25) is 0 Å². The van der Waals surface area contributed by atoms with Crippen LogP contribution in [0.3, 0.4) is 0 Å². The summed E-state index contributed by atoms with van der Waals surface area (Å²) in [4.78, 5) is 12.3. The molecule has 0 aliphatic rings. The van der Waals surface area contributed by atoms with Crippen LogP contribution in [0, 0.1) is 13.8 Å². The van der Waals surface area contributed by atoms with Crippen molar-refractivity contribution < 1.29 is 4.52 Å². The van der Waals surface area contributed by atoms with Gasteiger partial charge < -0.3 is 14.8 Å². The number of nitrogens with two attached hydrogens (primary N) is 1. The molecule has 23 heavy (non-hydrogen) atoms. The van der Waals surface area contributed by atoms with Crippen molar-refractivity contribution >= 4 is 21.6 Å². The van der Waals surface area contributed by atoms with Crippen molar-refractivity contribution in [1.29, 1.82) is 0 Å². The molecule has 0 saturated carbocycles. The van der Waals surface area contributed by atoms with Crippen molar-refractivity contribution in [3.63, 3.8) is 0 Å². The van der Waals surface area contributed by atoms with E-state index in [0.29, 0.717) is 12.3 Å². The molecule has 0 radical (unpaired) electrons. The molecule has 0 spiro atoms. The van der Waals surface area contributed by atoms with Crippen LogP contribution in [0.15, 0.2) is 50.3 Å². The molecule has 5 nitrogen and oxygen atoms in total. The topological polar surface area (TPSA) is 74.1 Å². The number of rotatable bonds is 3. The molecule has 118 valence electrons. The first kappa shape index (κ1) is 15.6. The average molecular weight is 374 g/mol. The molecule has 0 fully saturated rings. The van der Waals surface area contributed by atoms with Gasteiger partial charge in [0.15, 0.2) is 0 Å². The van der Waals surface area contributed by atoms with E-state index in [2.05, 4.69) is 21.1 Å². The highest BCUT2D eigenvalue weighted by Gasteiger charge is 2.14. The van der Waals surface area contributed by atoms with E-state index in [4.69, 9.17) is 10.3 Å². The lowest BCUT2D eigenvalue weighted by molar-refractivity contribution is 0.393. The molecule has 0 unspecified atom stereocenters. The Morgan fingerprint density at radius 3 is 2.74 bits per heavy atom. The maximum Gasteiger partial charge on any atom is 0.274 e. The number of halogens is 1. The summed E-state index contributed by atoms with van der Waals surface area (Å²) in [6, 6.07) is 9.50. The number of nitrogen functional groups attached to an aromatic ring is 1. The minimum absolute atomic E-state index is 0.206. The average Bonchev–Trinajstić information content (AvgIpc) is 2.83. The van der Waals surface area contributed by atoms with Crippen molar-refractivity contribution in [2.24, 2.45) is 0 Å². The van der Waals surface area contributed by atoms with Crippen LogP contribution < -0.4 is 11.3 Å². The van der Waals surface area contributed by atoms with Gasteiger partial charge in [0.25, 0.3) is 5.56 Å². The third-order valence-corrected chi connectivity index (χ3v) is 4.17. The number of hydrogen-bond acceptors (Lipinski definition) is 4. The molecule has 0 amide bonds. The predicted octanol–water partition coefficient (Wildman–Crippen LogP) is 3.51. The minimum atomic E-state index is -0.208. The largest absolute Gasteiger partial charge is 0.394 e.